The summed E-state index contributed by atoms with van der Waals surface area (Å²) in [4.78, 5) is 21.1. The van der Waals surface area contributed by atoms with Crippen LogP contribution in [0.1, 0.15) is 16.1 Å². The van der Waals surface area contributed by atoms with E-state index in [4.69, 9.17) is 0 Å². The average molecular weight is 333 g/mol. The SMILES string of the molecule is Cc1cc(Nc2nc(NC(=O)c3ccccc3)cc3nccn23)n[nH]1. The highest BCUT2D eigenvalue weighted by Gasteiger charge is 2.11. The summed E-state index contributed by atoms with van der Waals surface area (Å²) in [6.45, 7) is 1.91. The van der Waals surface area contributed by atoms with Crippen LogP contribution in [0.4, 0.5) is 17.6 Å². The molecule has 25 heavy (non-hydrogen) atoms. The number of benzene rings is 1. The number of carbonyl (C=O) groups is 1. The maximum atomic E-state index is 12.3. The molecule has 0 spiro atoms. The molecule has 0 unspecified atom stereocenters. The van der Waals surface area contributed by atoms with Crippen molar-refractivity contribution in [1.29, 1.82) is 0 Å². The molecule has 0 aliphatic carbocycles. The monoisotopic (exact) mass is 333 g/mol. The van der Waals surface area contributed by atoms with E-state index in [9.17, 15) is 4.79 Å². The summed E-state index contributed by atoms with van der Waals surface area (Å²) in [5.41, 5.74) is 2.15. The van der Waals surface area contributed by atoms with Crippen LogP contribution in [-0.2, 0) is 0 Å². The molecule has 1 aromatic carbocycles. The smallest absolute Gasteiger partial charge is 0.256 e. The minimum absolute atomic E-state index is 0.231. The molecule has 124 valence electrons. The highest BCUT2D eigenvalue weighted by molar-refractivity contribution is 6.04. The number of imidazole rings is 1. The van der Waals surface area contributed by atoms with Crippen molar-refractivity contribution in [3.63, 3.8) is 0 Å². The molecule has 0 saturated carbocycles. The summed E-state index contributed by atoms with van der Waals surface area (Å²) >= 11 is 0. The topological polar surface area (TPSA) is 100 Å². The molecular weight excluding hydrogens is 318 g/mol. The Morgan fingerprint density at radius 2 is 2.00 bits per heavy atom. The summed E-state index contributed by atoms with van der Waals surface area (Å²) in [5.74, 6) is 1.31. The van der Waals surface area contributed by atoms with Crippen LogP contribution in [0.25, 0.3) is 5.65 Å². The number of hydrogen-bond donors (Lipinski definition) is 3. The van der Waals surface area contributed by atoms with E-state index in [-0.39, 0.29) is 5.91 Å². The predicted octanol–water partition coefficient (Wildman–Crippen LogP) is 2.76. The van der Waals surface area contributed by atoms with Crippen molar-refractivity contribution in [2.24, 2.45) is 0 Å². The van der Waals surface area contributed by atoms with E-state index in [1.54, 1.807) is 35.0 Å². The molecule has 0 fully saturated rings. The molecule has 1 amide bonds. The predicted molar refractivity (Wildman–Crippen MR) is 94.0 cm³/mol. The van der Waals surface area contributed by atoms with E-state index >= 15 is 0 Å². The van der Waals surface area contributed by atoms with Gasteiger partial charge in [0.05, 0.1) is 0 Å². The lowest BCUT2D eigenvalue weighted by molar-refractivity contribution is 0.102. The van der Waals surface area contributed by atoms with Gasteiger partial charge in [-0.3, -0.25) is 14.3 Å². The van der Waals surface area contributed by atoms with Crippen LogP contribution < -0.4 is 10.6 Å². The van der Waals surface area contributed by atoms with Crippen molar-refractivity contribution >= 4 is 29.1 Å². The van der Waals surface area contributed by atoms with Gasteiger partial charge in [0.1, 0.15) is 11.5 Å². The van der Waals surface area contributed by atoms with Crippen molar-refractivity contribution in [3.05, 3.63) is 66.1 Å². The molecule has 0 aliphatic heterocycles. The highest BCUT2D eigenvalue weighted by Crippen LogP contribution is 2.19. The van der Waals surface area contributed by atoms with Crippen LogP contribution in [0.15, 0.2) is 54.9 Å². The maximum Gasteiger partial charge on any atom is 0.256 e. The Balaban J connectivity index is 1.66. The first kappa shape index (κ1) is 14.9. The van der Waals surface area contributed by atoms with Gasteiger partial charge in [0.2, 0.25) is 5.95 Å². The number of fused-ring (bicyclic) bond motifs is 1. The van der Waals surface area contributed by atoms with Gasteiger partial charge in [-0.15, -0.1) is 0 Å². The molecule has 3 heterocycles. The zero-order chi connectivity index (χ0) is 17.2. The van der Waals surface area contributed by atoms with Gasteiger partial charge in [-0.1, -0.05) is 18.2 Å². The number of nitrogens with one attached hydrogen (secondary N) is 3. The van der Waals surface area contributed by atoms with Crippen LogP contribution in [0, 0.1) is 6.92 Å². The lowest BCUT2D eigenvalue weighted by atomic mass is 10.2. The van der Waals surface area contributed by atoms with Gasteiger partial charge < -0.3 is 10.6 Å². The van der Waals surface area contributed by atoms with E-state index in [2.05, 4.69) is 30.8 Å². The Hall–Kier alpha value is -3.68. The van der Waals surface area contributed by atoms with Gasteiger partial charge in [0.25, 0.3) is 5.91 Å². The number of hydrogen-bond acceptors (Lipinski definition) is 5. The van der Waals surface area contributed by atoms with Gasteiger partial charge in [0.15, 0.2) is 5.82 Å². The summed E-state index contributed by atoms with van der Waals surface area (Å²) in [5, 5.41) is 12.9. The van der Waals surface area contributed by atoms with Crippen molar-refractivity contribution < 1.29 is 4.79 Å². The molecule has 3 N–H and O–H groups in total. The molecule has 8 heteroatoms. The van der Waals surface area contributed by atoms with Gasteiger partial charge in [0, 0.05) is 35.8 Å². The first-order chi connectivity index (χ1) is 12.2. The van der Waals surface area contributed by atoms with Crippen molar-refractivity contribution in [3.8, 4) is 0 Å². The normalized spacial score (nSPS) is 10.8. The van der Waals surface area contributed by atoms with E-state index in [1.165, 1.54) is 0 Å². The van der Waals surface area contributed by atoms with Gasteiger partial charge in [-0.25, -0.2) is 4.98 Å². The Morgan fingerprint density at radius 1 is 1.16 bits per heavy atom. The Kier molecular flexibility index (Phi) is 3.62. The lowest BCUT2D eigenvalue weighted by Gasteiger charge is -2.09. The second kappa shape index (κ2) is 6.08. The van der Waals surface area contributed by atoms with Crippen molar-refractivity contribution in [2.75, 3.05) is 10.6 Å². The molecule has 0 bridgehead atoms. The minimum atomic E-state index is -0.231. The number of anilines is 3. The lowest BCUT2D eigenvalue weighted by Crippen LogP contribution is -2.14. The fourth-order valence-corrected chi connectivity index (χ4v) is 2.45. The van der Waals surface area contributed by atoms with Gasteiger partial charge in [-0.05, 0) is 19.1 Å². The van der Waals surface area contributed by atoms with Crippen LogP contribution in [0.2, 0.25) is 0 Å². The standard InChI is InChI=1S/C17H15N7O/c1-11-9-14(23-22-11)21-17-20-13(10-15-18-7-8-24(15)17)19-16(25)12-5-3-2-4-6-12/h2-10H,1H3,(H,19,25)(H2,20,21,22,23). The van der Waals surface area contributed by atoms with Crippen LogP contribution in [0.5, 0.6) is 0 Å². The molecule has 0 aliphatic rings. The minimum Gasteiger partial charge on any atom is -0.308 e. The zero-order valence-corrected chi connectivity index (χ0v) is 13.4. The molecule has 4 aromatic rings. The van der Waals surface area contributed by atoms with Gasteiger partial charge >= 0.3 is 0 Å². The van der Waals surface area contributed by atoms with Crippen LogP contribution in [0.3, 0.4) is 0 Å². The summed E-state index contributed by atoms with van der Waals surface area (Å²) in [6, 6.07) is 12.5. The van der Waals surface area contributed by atoms with Crippen LogP contribution in [-0.4, -0.2) is 30.5 Å². The van der Waals surface area contributed by atoms with E-state index in [0.717, 1.165) is 5.69 Å². The zero-order valence-electron chi connectivity index (χ0n) is 13.4. The molecule has 0 radical (unpaired) electrons. The largest absolute Gasteiger partial charge is 0.308 e. The second-order valence-electron chi connectivity index (χ2n) is 5.50. The molecule has 3 aromatic heterocycles. The number of nitrogens with zero attached hydrogens (tertiary/aromatic N) is 4. The maximum absolute atomic E-state index is 12.3. The quantitative estimate of drug-likeness (QED) is 0.533. The molecule has 0 atom stereocenters. The van der Waals surface area contributed by atoms with E-state index in [1.807, 2.05) is 31.2 Å². The fraction of sp³-hybridized carbons (Fsp3) is 0.0588. The third-order valence-electron chi connectivity index (χ3n) is 3.61. The Bertz CT molecular complexity index is 1040. The third kappa shape index (κ3) is 3.05. The van der Waals surface area contributed by atoms with Gasteiger partial charge in [-0.2, -0.15) is 10.1 Å². The first-order valence-corrected chi connectivity index (χ1v) is 7.68. The summed E-state index contributed by atoms with van der Waals surface area (Å²) in [7, 11) is 0. The highest BCUT2D eigenvalue weighted by atomic mass is 16.1. The fourth-order valence-electron chi connectivity index (χ4n) is 2.45. The molecule has 8 nitrogen and oxygen atoms in total. The number of H-pyrrole nitrogens is 1. The van der Waals surface area contributed by atoms with Crippen molar-refractivity contribution in [2.45, 2.75) is 6.92 Å². The summed E-state index contributed by atoms with van der Waals surface area (Å²) < 4.78 is 1.78. The van der Waals surface area contributed by atoms with E-state index in [0.29, 0.717) is 28.8 Å². The number of aromatic amines is 1. The Morgan fingerprint density at radius 3 is 2.76 bits per heavy atom. The molecular formula is C17H15N7O. The number of carbonyl (C=O) groups excluding carboxylic acids is 1. The average Bonchev–Trinajstić information content (AvgIpc) is 3.24. The summed E-state index contributed by atoms with van der Waals surface area (Å²) in [6.07, 6.45) is 3.45. The molecule has 4 rings (SSSR count). The Labute approximate surface area is 142 Å². The first-order valence-electron chi connectivity index (χ1n) is 7.68. The third-order valence-corrected chi connectivity index (χ3v) is 3.61. The van der Waals surface area contributed by atoms with Crippen LogP contribution >= 0.6 is 0 Å². The van der Waals surface area contributed by atoms with E-state index < -0.39 is 0 Å². The second-order valence-corrected chi connectivity index (χ2v) is 5.50. The number of aromatic nitrogens is 5. The van der Waals surface area contributed by atoms with Crippen molar-refractivity contribution in [1.82, 2.24) is 24.6 Å². The molecule has 0 saturated heterocycles. The number of aryl methyl sites for hydroxylation is 1. The number of amides is 1. The number of rotatable bonds is 4.